The maximum atomic E-state index is 12.8. The van der Waals surface area contributed by atoms with Crippen LogP contribution in [0.5, 0.6) is 0 Å². The first kappa shape index (κ1) is 19.5. The van der Waals surface area contributed by atoms with Crippen LogP contribution in [-0.2, 0) is 10.2 Å². The standard InChI is InChI=1S/C22H31NO2/c1-14(2)18-10-7-15(3)11-20(18)25-21(24)16-8-9-17(13-23)19(12-16)22(4,5)6/h8-9,12,14-15,18,20H,7,10-11H2,1-6H3/t15-,18+,20-/m1/s1. The third-order valence-corrected chi connectivity index (χ3v) is 5.40. The number of rotatable bonds is 3. The van der Waals surface area contributed by atoms with Crippen molar-refractivity contribution in [1.82, 2.24) is 0 Å². The Morgan fingerprint density at radius 1 is 1.28 bits per heavy atom. The Bertz CT molecular complexity index is 664. The predicted octanol–water partition coefficient (Wildman–Crippen LogP) is 5.47. The van der Waals surface area contributed by atoms with Gasteiger partial charge in [-0.2, -0.15) is 5.26 Å². The molecule has 3 atom stereocenters. The molecule has 3 heteroatoms. The maximum absolute atomic E-state index is 12.8. The Hall–Kier alpha value is -1.82. The van der Waals surface area contributed by atoms with Gasteiger partial charge in [0.15, 0.2) is 0 Å². The second kappa shape index (κ2) is 7.60. The summed E-state index contributed by atoms with van der Waals surface area (Å²) in [6.45, 7) is 12.8. The molecule has 0 N–H and O–H groups in total. The number of hydrogen-bond donors (Lipinski definition) is 0. The monoisotopic (exact) mass is 341 g/mol. The van der Waals surface area contributed by atoms with E-state index >= 15 is 0 Å². The molecule has 0 bridgehead atoms. The average molecular weight is 341 g/mol. The highest BCUT2D eigenvalue weighted by molar-refractivity contribution is 5.90. The van der Waals surface area contributed by atoms with E-state index < -0.39 is 0 Å². The molecule has 0 unspecified atom stereocenters. The fraction of sp³-hybridized carbons (Fsp3) is 0.636. The maximum Gasteiger partial charge on any atom is 0.338 e. The van der Waals surface area contributed by atoms with Crippen molar-refractivity contribution in [3.8, 4) is 6.07 Å². The van der Waals surface area contributed by atoms with E-state index in [9.17, 15) is 10.1 Å². The second-order valence-electron chi connectivity index (χ2n) is 8.89. The number of nitrogens with zero attached hydrogens (tertiary/aromatic N) is 1. The predicted molar refractivity (Wildman–Crippen MR) is 100 cm³/mol. The molecular formula is C22H31NO2. The molecule has 1 aromatic rings. The molecule has 0 spiro atoms. The minimum absolute atomic E-state index is 0.00928. The molecule has 3 nitrogen and oxygen atoms in total. The zero-order chi connectivity index (χ0) is 18.8. The molecule has 1 saturated carbocycles. The highest BCUT2D eigenvalue weighted by Gasteiger charge is 2.33. The van der Waals surface area contributed by atoms with Gasteiger partial charge in [0.25, 0.3) is 0 Å². The molecule has 1 fully saturated rings. The van der Waals surface area contributed by atoms with Crippen LogP contribution in [0.2, 0.25) is 0 Å². The van der Waals surface area contributed by atoms with Crippen molar-refractivity contribution in [3.63, 3.8) is 0 Å². The first-order valence-corrected chi connectivity index (χ1v) is 9.39. The number of nitriles is 1. The van der Waals surface area contributed by atoms with Crippen LogP contribution in [-0.4, -0.2) is 12.1 Å². The van der Waals surface area contributed by atoms with Crippen molar-refractivity contribution in [2.75, 3.05) is 0 Å². The van der Waals surface area contributed by atoms with Gasteiger partial charge >= 0.3 is 5.97 Å². The average Bonchev–Trinajstić information content (AvgIpc) is 2.53. The van der Waals surface area contributed by atoms with Crippen molar-refractivity contribution >= 4 is 5.97 Å². The minimum atomic E-state index is -0.264. The van der Waals surface area contributed by atoms with Gasteiger partial charge in [-0.15, -0.1) is 0 Å². The molecule has 136 valence electrons. The van der Waals surface area contributed by atoms with Gasteiger partial charge in [0.05, 0.1) is 17.2 Å². The summed E-state index contributed by atoms with van der Waals surface area (Å²) in [6.07, 6.45) is 3.26. The normalized spacial score (nSPS) is 24.0. The second-order valence-corrected chi connectivity index (χ2v) is 8.89. The van der Waals surface area contributed by atoms with Gasteiger partial charge in [0.1, 0.15) is 6.10 Å². The molecule has 0 amide bonds. The van der Waals surface area contributed by atoms with Crippen molar-refractivity contribution in [2.24, 2.45) is 17.8 Å². The molecular weight excluding hydrogens is 310 g/mol. The van der Waals surface area contributed by atoms with Crippen LogP contribution in [0.25, 0.3) is 0 Å². The summed E-state index contributed by atoms with van der Waals surface area (Å²) in [5.41, 5.74) is 1.86. The number of esters is 1. The zero-order valence-corrected chi connectivity index (χ0v) is 16.4. The summed E-state index contributed by atoms with van der Waals surface area (Å²) in [6, 6.07) is 7.51. The third kappa shape index (κ3) is 4.63. The van der Waals surface area contributed by atoms with Crippen LogP contribution < -0.4 is 0 Å². The number of carbonyl (C=O) groups excluding carboxylic acids is 1. The van der Waals surface area contributed by atoms with Gasteiger partial charge in [-0.25, -0.2) is 4.79 Å². The third-order valence-electron chi connectivity index (χ3n) is 5.40. The Balaban J connectivity index is 2.24. The Kier molecular flexibility index (Phi) is 5.93. The molecule has 1 aliphatic carbocycles. The number of carbonyl (C=O) groups is 1. The van der Waals surface area contributed by atoms with Gasteiger partial charge in [-0.3, -0.25) is 0 Å². The summed E-state index contributed by atoms with van der Waals surface area (Å²) < 4.78 is 5.94. The van der Waals surface area contributed by atoms with E-state index in [4.69, 9.17) is 4.74 Å². The number of hydrogen-bond acceptors (Lipinski definition) is 3. The molecule has 25 heavy (non-hydrogen) atoms. The largest absolute Gasteiger partial charge is 0.458 e. The molecule has 0 aromatic heterocycles. The minimum Gasteiger partial charge on any atom is -0.458 e. The van der Waals surface area contributed by atoms with Crippen LogP contribution in [0.1, 0.15) is 82.3 Å². The smallest absolute Gasteiger partial charge is 0.338 e. The van der Waals surface area contributed by atoms with Crippen LogP contribution in [0.4, 0.5) is 0 Å². The summed E-state index contributed by atoms with van der Waals surface area (Å²) in [5, 5.41) is 9.33. The summed E-state index contributed by atoms with van der Waals surface area (Å²) in [7, 11) is 0. The van der Waals surface area contributed by atoms with Crippen molar-refractivity contribution in [3.05, 3.63) is 34.9 Å². The van der Waals surface area contributed by atoms with E-state index in [2.05, 4.69) is 47.6 Å². The summed E-state index contributed by atoms with van der Waals surface area (Å²) in [4.78, 5) is 12.8. The van der Waals surface area contributed by atoms with Gasteiger partial charge in [-0.1, -0.05) is 48.0 Å². The summed E-state index contributed by atoms with van der Waals surface area (Å²) in [5.74, 6) is 1.27. The number of benzene rings is 1. The SMILES string of the molecule is CC(C)[C@@H]1CC[C@@H](C)C[C@H]1OC(=O)c1ccc(C#N)c(C(C)(C)C)c1. The van der Waals surface area contributed by atoms with Crippen molar-refractivity contribution in [1.29, 1.82) is 5.26 Å². The van der Waals surface area contributed by atoms with E-state index in [0.717, 1.165) is 18.4 Å². The van der Waals surface area contributed by atoms with Crippen molar-refractivity contribution < 1.29 is 9.53 Å². The van der Waals surface area contributed by atoms with E-state index in [1.807, 2.05) is 6.07 Å². The topological polar surface area (TPSA) is 50.1 Å². The molecule has 2 rings (SSSR count). The van der Waals surface area contributed by atoms with Gasteiger partial charge in [0, 0.05) is 0 Å². The van der Waals surface area contributed by atoms with Crippen LogP contribution in [0, 0.1) is 29.1 Å². The lowest BCUT2D eigenvalue weighted by Crippen LogP contribution is -2.36. The first-order valence-electron chi connectivity index (χ1n) is 9.39. The van der Waals surface area contributed by atoms with E-state index in [0.29, 0.717) is 28.9 Å². The lowest BCUT2D eigenvalue weighted by molar-refractivity contribution is -0.0174. The molecule has 1 aromatic carbocycles. The molecule has 0 heterocycles. The Morgan fingerprint density at radius 3 is 2.52 bits per heavy atom. The van der Waals surface area contributed by atoms with Crippen molar-refractivity contribution in [2.45, 2.75) is 72.3 Å². The van der Waals surface area contributed by atoms with Gasteiger partial charge < -0.3 is 4.74 Å². The number of ether oxygens (including phenoxy) is 1. The summed E-state index contributed by atoms with van der Waals surface area (Å²) >= 11 is 0. The highest BCUT2D eigenvalue weighted by Crippen LogP contribution is 2.36. The quantitative estimate of drug-likeness (QED) is 0.685. The molecule has 0 aliphatic heterocycles. The fourth-order valence-electron chi connectivity index (χ4n) is 3.84. The lowest BCUT2D eigenvalue weighted by atomic mass is 9.75. The van der Waals surface area contributed by atoms with E-state index in [1.54, 1.807) is 12.1 Å². The Morgan fingerprint density at radius 2 is 1.96 bits per heavy atom. The fourth-order valence-corrected chi connectivity index (χ4v) is 3.84. The van der Waals surface area contributed by atoms with E-state index in [1.165, 1.54) is 6.42 Å². The van der Waals surface area contributed by atoms with Crippen LogP contribution in [0.3, 0.4) is 0 Å². The van der Waals surface area contributed by atoms with Gasteiger partial charge in [-0.05, 0) is 59.8 Å². The lowest BCUT2D eigenvalue weighted by Gasteiger charge is -2.36. The highest BCUT2D eigenvalue weighted by atomic mass is 16.5. The first-order chi connectivity index (χ1) is 11.6. The Labute approximate surface area is 152 Å². The van der Waals surface area contributed by atoms with Crippen LogP contribution >= 0.6 is 0 Å². The molecule has 0 saturated heterocycles. The zero-order valence-electron chi connectivity index (χ0n) is 16.4. The van der Waals surface area contributed by atoms with Crippen LogP contribution in [0.15, 0.2) is 18.2 Å². The van der Waals surface area contributed by atoms with Gasteiger partial charge in [0.2, 0.25) is 0 Å². The molecule has 1 aliphatic rings. The van der Waals surface area contributed by atoms with E-state index in [-0.39, 0.29) is 17.5 Å². The molecule has 0 radical (unpaired) electrons.